The fourth-order valence-electron chi connectivity index (χ4n) is 4.25. The van der Waals surface area contributed by atoms with E-state index in [1.807, 2.05) is 25.1 Å². The third-order valence-electron chi connectivity index (χ3n) is 6.01. The minimum atomic E-state index is -0.214. The SMILES string of the molecule is C=c1c(=O)[nH]c2n1Cc1cc(OC(C)CCC(=O)NC3CCCCCC3)ccc1N=2. The first-order valence-corrected chi connectivity index (χ1v) is 10.9. The molecule has 0 saturated heterocycles. The zero-order valence-electron chi connectivity index (χ0n) is 17.6. The molecule has 1 saturated carbocycles. The van der Waals surface area contributed by atoms with E-state index in [2.05, 4.69) is 21.9 Å². The zero-order chi connectivity index (χ0) is 21.1. The molecule has 7 nitrogen and oxygen atoms in total. The van der Waals surface area contributed by atoms with Crippen LogP contribution in [-0.2, 0) is 11.3 Å². The number of H-pyrrole nitrogens is 1. The van der Waals surface area contributed by atoms with Crippen molar-refractivity contribution >= 4 is 18.2 Å². The monoisotopic (exact) mass is 410 g/mol. The lowest BCUT2D eigenvalue weighted by molar-refractivity contribution is -0.122. The number of aromatic amines is 1. The highest BCUT2D eigenvalue weighted by molar-refractivity contribution is 5.76. The van der Waals surface area contributed by atoms with Gasteiger partial charge < -0.3 is 14.6 Å². The highest BCUT2D eigenvalue weighted by Crippen LogP contribution is 2.27. The second-order valence-electron chi connectivity index (χ2n) is 8.44. The number of amides is 1. The van der Waals surface area contributed by atoms with Crippen molar-refractivity contribution in [2.24, 2.45) is 4.99 Å². The van der Waals surface area contributed by atoms with Gasteiger partial charge in [0, 0.05) is 18.0 Å². The van der Waals surface area contributed by atoms with Gasteiger partial charge >= 0.3 is 0 Å². The molecule has 30 heavy (non-hydrogen) atoms. The standard InChI is InChI=1S/C23H30N4O3/c1-15(9-12-21(28)24-18-7-5-3-4-6-8-18)30-19-10-11-20-17(13-19)14-27-16(2)22(29)26-23(27)25-20/h10-11,13,15,18H,2-9,12,14H2,1H3,(H,24,28)(H,25,26,29). The number of aromatic nitrogens is 2. The van der Waals surface area contributed by atoms with Crippen molar-refractivity contribution < 1.29 is 9.53 Å². The van der Waals surface area contributed by atoms with Crippen LogP contribution >= 0.6 is 0 Å². The molecule has 1 aromatic carbocycles. The van der Waals surface area contributed by atoms with E-state index >= 15 is 0 Å². The molecule has 1 aliphatic carbocycles. The van der Waals surface area contributed by atoms with E-state index in [0.29, 0.717) is 36.4 Å². The summed E-state index contributed by atoms with van der Waals surface area (Å²) in [5.74, 6) is 0.863. The molecule has 0 radical (unpaired) electrons. The first-order chi connectivity index (χ1) is 14.5. The van der Waals surface area contributed by atoms with E-state index in [-0.39, 0.29) is 17.6 Å². The molecule has 1 atom stereocenters. The van der Waals surface area contributed by atoms with Gasteiger partial charge in [-0.1, -0.05) is 32.3 Å². The van der Waals surface area contributed by atoms with E-state index < -0.39 is 0 Å². The maximum Gasteiger partial charge on any atom is 0.274 e. The second kappa shape index (κ2) is 8.90. The van der Waals surface area contributed by atoms with Crippen LogP contribution in [0.4, 0.5) is 5.69 Å². The third kappa shape index (κ3) is 4.66. The number of hydrogen-bond donors (Lipinski definition) is 2. The number of hydrogen-bond acceptors (Lipinski definition) is 4. The van der Waals surface area contributed by atoms with Crippen molar-refractivity contribution in [3.05, 3.63) is 45.1 Å². The zero-order valence-corrected chi connectivity index (χ0v) is 17.6. The summed E-state index contributed by atoms with van der Waals surface area (Å²) < 4.78 is 7.82. The average molecular weight is 411 g/mol. The first-order valence-electron chi connectivity index (χ1n) is 10.9. The van der Waals surface area contributed by atoms with Gasteiger partial charge in [-0.3, -0.25) is 14.6 Å². The Labute approximate surface area is 175 Å². The maximum absolute atomic E-state index is 12.3. The van der Waals surface area contributed by atoms with Crippen molar-refractivity contribution in [2.45, 2.75) is 77.0 Å². The van der Waals surface area contributed by atoms with Crippen LogP contribution in [-0.4, -0.2) is 27.6 Å². The summed E-state index contributed by atoms with van der Waals surface area (Å²) in [5, 5.41) is 3.59. The molecule has 1 amide bonds. The van der Waals surface area contributed by atoms with Crippen LogP contribution < -0.4 is 26.6 Å². The predicted molar refractivity (Wildman–Crippen MR) is 116 cm³/mol. The largest absolute Gasteiger partial charge is 0.491 e. The number of nitrogens with one attached hydrogen (secondary N) is 2. The summed E-state index contributed by atoms with van der Waals surface area (Å²) in [6, 6.07) is 6.07. The van der Waals surface area contributed by atoms with Crippen LogP contribution in [0.15, 0.2) is 28.0 Å². The fourth-order valence-corrected chi connectivity index (χ4v) is 4.25. The fraction of sp³-hybridized carbons (Fsp3) is 0.522. The molecule has 160 valence electrons. The number of carbonyl (C=O) groups excluding carboxylic acids is 1. The molecular weight excluding hydrogens is 380 g/mol. The summed E-state index contributed by atoms with van der Waals surface area (Å²) in [5.41, 5.74) is 2.11. The van der Waals surface area contributed by atoms with E-state index in [9.17, 15) is 9.59 Å². The molecule has 1 fully saturated rings. The van der Waals surface area contributed by atoms with E-state index in [1.165, 1.54) is 25.7 Å². The number of nitrogens with zero attached hydrogens (tertiary/aromatic N) is 2. The van der Waals surface area contributed by atoms with Gasteiger partial charge in [0.2, 0.25) is 11.5 Å². The molecule has 4 rings (SSSR count). The molecule has 0 bridgehead atoms. The van der Waals surface area contributed by atoms with Gasteiger partial charge in [0.15, 0.2) is 0 Å². The summed E-state index contributed by atoms with van der Waals surface area (Å²) in [6.07, 6.45) is 8.25. The number of benzene rings is 1. The van der Waals surface area contributed by atoms with Crippen molar-refractivity contribution in [1.29, 1.82) is 0 Å². The maximum atomic E-state index is 12.3. The van der Waals surface area contributed by atoms with Gasteiger partial charge in [0.05, 0.1) is 18.3 Å². The lowest BCUT2D eigenvalue weighted by Crippen LogP contribution is -2.34. The minimum absolute atomic E-state index is 0.0735. The molecule has 2 heterocycles. The summed E-state index contributed by atoms with van der Waals surface area (Å²) in [4.78, 5) is 31.3. The van der Waals surface area contributed by atoms with Crippen LogP contribution in [0.25, 0.3) is 6.58 Å². The van der Waals surface area contributed by atoms with Crippen molar-refractivity contribution in [3.8, 4) is 5.75 Å². The average Bonchev–Trinajstić information content (AvgIpc) is 2.90. The summed E-state index contributed by atoms with van der Waals surface area (Å²) in [6.45, 7) is 6.33. The predicted octanol–water partition coefficient (Wildman–Crippen LogP) is 2.29. The Morgan fingerprint density at radius 3 is 2.87 bits per heavy atom. The van der Waals surface area contributed by atoms with Crippen LogP contribution in [0.3, 0.4) is 0 Å². The molecule has 1 aliphatic heterocycles. The smallest absolute Gasteiger partial charge is 0.274 e. The van der Waals surface area contributed by atoms with E-state index in [1.54, 1.807) is 4.57 Å². The summed E-state index contributed by atoms with van der Waals surface area (Å²) in [7, 11) is 0. The number of fused-ring (bicyclic) bond motifs is 2. The van der Waals surface area contributed by atoms with Gasteiger partial charge in [-0.25, -0.2) is 4.99 Å². The van der Waals surface area contributed by atoms with Gasteiger partial charge in [0.25, 0.3) is 5.56 Å². The Bertz CT molecular complexity index is 1080. The van der Waals surface area contributed by atoms with E-state index in [4.69, 9.17) is 4.74 Å². The van der Waals surface area contributed by atoms with Crippen LogP contribution in [0.2, 0.25) is 0 Å². The van der Waals surface area contributed by atoms with Gasteiger partial charge in [-0.05, 0) is 44.4 Å². The van der Waals surface area contributed by atoms with Crippen molar-refractivity contribution in [3.63, 3.8) is 0 Å². The highest BCUT2D eigenvalue weighted by atomic mass is 16.5. The first kappa shape index (κ1) is 20.4. The highest BCUT2D eigenvalue weighted by Gasteiger charge is 2.17. The number of ether oxygens (including phenoxy) is 1. The molecule has 2 aromatic rings. The van der Waals surface area contributed by atoms with E-state index in [0.717, 1.165) is 29.8 Å². The quantitative estimate of drug-likeness (QED) is 0.611. The Balaban J connectivity index is 1.32. The van der Waals surface area contributed by atoms with Crippen LogP contribution in [0.5, 0.6) is 5.75 Å². The Morgan fingerprint density at radius 2 is 2.10 bits per heavy atom. The van der Waals surface area contributed by atoms with Gasteiger partial charge in [0.1, 0.15) is 11.1 Å². The molecule has 1 unspecified atom stereocenters. The third-order valence-corrected chi connectivity index (χ3v) is 6.01. The molecule has 1 aromatic heterocycles. The molecule has 2 N–H and O–H groups in total. The molecule has 2 aliphatic rings. The van der Waals surface area contributed by atoms with Crippen molar-refractivity contribution in [2.75, 3.05) is 0 Å². The minimum Gasteiger partial charge on any atom is -0.491 e. The Hall–Kier alpha value is -2.83. The Morgan fingerprint density at radius 1 is 1.33 bits per heavy atom. The molecule has 0 spiro atoms. The summed E-state index contributed by atoms with van der Waals surface area (Å²) >= 11 is 0. The van der Waals surface area contributed by atoms with Crippen LogP contribution in [0, 0.1) is 0 Å². The second-order valence-corrected chi connectivity index (χ2v) is 8.44. The van der Waals surface area contributed by atoms with Crippen molar-refractivity contribution in [1.82, 2.24) is 14.9 Å². The lowest BCUT2D eigenvalue weighted by Gasteiger charge is -2.19. The lowest BCUT2D eigenvalue weighted by atomic mass is 10.1. The van der Waals surface area contributed by atoms with Crippen LogP contribution in [0.1, 0.15) is 63.9 Å². The molecule has 7 heteroatoms. The number of rotatable bonds is 6. The molecular formula is C23H30N4O3. The number of imidazole rings is 1. The normalized spacial score (nSPS) is 17.2. The van der Waals surface area contributed by atoms with Gasteiger partial charge in [-0.2, -0.15) is 0 Å². The van der Waals surface area contributed by atoms with Gasteiger partial charge in [-0.15, -0.1) is 0 Å². The Kier molecular flexibility index (Phi) is 6.06. The number of carbonyl (C=O) groups is 1. The topological polar surface area (TPSA) is 88.5 Å².